The van der Waals surface area contributed by atoms with Crippen molar-refractivity contribution < 1.29 is 18.9 Å². The lowest BCUT2D eigenvalue weighted by Gasteiger charge is -2.11. The summed E-state index contributed by atoms with van der Waals surface area (Å²) in [5.41, 5.74) is 3.95. The van der Waals surface area contributed by atoms with Gasteiger partial charge in [0.25, 0.3) is 0 Å². The fourth-order valence-electron chi connectivity index (χ4n) is 4.29. The topological polar surface area (TPSA) is 146 Å². The average molecular weight is 591 g/mol. The first kappa shape index (κ1) is 28.3. The zero-order valence-electron chi connectivity index (χ0n) is 24.5. The Bertz CT molecular complexity index is 1970. The van der Waals surface area contributed by atoms with Crippen LogP contribution in [0.1, 0.15) is 26.1 Å². The second kappa shape index (κ2) is 12.2. The lowest BCUT2D eigenvalue weighted by molar-refractivity contribution is 0.270. The molecule has 0 bridgehead atoms. The molecule has 1 unspecified atom stereocenters. The third kappa shape index (κ3) is 6.04. The maximum atomic E-state index is 5.80. The first-order chi connectivity index (χ1) is 21.4. The molecule has 4 heterocycles. The molecule has 44 heavy (non-hydrogen) atoms. The summed E-state index contributed by atoms with van der Waals surface area (Å²) < 4.78 is 22.9. The minimum Gasteiger partial charge on any atom is -0.496 e. The summed E-state index contributed by atoms with van der Waals surface area (Å²) >= 11 is 0. The van der Waals surface area contributed by atoms with Crippen molar-refractivity contribution in [3.05, 3.63) is 85.7 Å². The van der Waals surface area contributed by atoms with E-state index in [9.17, 15) is 0 Å². The van der Waals surface area contributed by atoms with Gasteiger partial charge in [0.15, 0.2) is 23.7 Å². The molecule has 6 rings (SSSR count). The third-order valence-corrected chi connectivity index (χ3v) is 6.70. The Morgan fingerprint density at radius 3 is 2.36 bits per heavy atom. The number of aromatic amines is 2. The monoisotopic (exact) mass is 590 g/mol. The number of hydrogen-bond donors (Lipinski definition) is 2. The number of hydrogen-bond acceptors (Lipinski definition) is 10. The maximum Gasteiger partial charge on any atom is 0.318 e. The number of nitrogens with one attached hydrogen (secondary N) is 2. The van der Waals surface area contributed by atoms with Crippen molar-refractivity contribution in [2.24, 2.45) is 0 Å². The van der Waals surface area contributed by atoms with E-state index in [-0.39, 0.29) is 18.7 Å². The van der Waals surface area contributed by atoms with Gasteiger partial charge in [0.05, 0.1) is 30.8 Å². The van der Waals surface area contributed by atoms with Crippen LogP contribution in [0.25, 0.3) is 45.1 Å². The minimum atomic E-state index is -0.0790. The van der Waals surface area contributed by atoms with Crippen LogP contribution in [0, 0.1) is 0 Å². The minimum absolute atomic E-state index is 0.0438. The van der Waals surface area contributed by atoms with Crippen molar-refractivity contribution in [1.82, 2.24) is 39.9 Å². The van der Waals surface area contributed by atoms with Gasteiger partial charge < -0.3 is 28.9 Å². The van der Waals surface area contributed by atoms with Crippen LogP contribution in [0.3, 0.4) is 0 Å². The number of allylic oxidation sites excluding steroid dienone is 1. The van der Waals surface area contributed by atoms with Gasteiger partial charge in [0, 0.05) is 18.1 Å². The first-order valence-corrected chi connectivity index (χ1v) is 13.9. The molecular formula is C32H30N8O4. The summed E-state index contributed by atoms with van der Waals surface area (Å²) in [6.07, 6.45) is 5.66. The number of aromatic nitrogens is 8. The van der Waals surface area contributed by atoms with E-state index in [4.69, 9.17) is 18.9 Å². The number of imidazole rings is 2. The van der Waals surface area contributed by atoms with Gasteiger partial charge in [-0.3, -0.25) is 0 Å². The molecule has 12 nitrogen and oxygen atoms in total. The van der Waals surface area contributed by atoms with Crippen LogP contribution in [0.4, 0.5) is 0 Å². The molecule has 0 amide bonds. The predicted octanol–water partition coefficient (Wildman–Crippen LogP) is 6.20. The van der Waals surface area contributed by atoms with E-state index in [1.807, 2.05) is 50.2 Å². The normalized spacial score (nSPS) is 11.8. The molecule has 0 aliphatic carbocycles. The Balaban J connectivity index is 1.15. The highest BCUT2D eigenvalue weighted by molar-refractivity contribution is 5.78. The largest absolute Gasteiger partial charge is 0.496 e. The van der Waals surface area contributed by atoms with Gasteiger partial charge in [0.2, 0.25) is 0 Å². The first-order valence-electron chi connectivity index (χ1n) is 13.9. The van der Waals surface area contributed by atoms with Crippen LogP contribution in [-0.2, 0) is 6.61 Å². The number of methoxy groups -OCH3 is 1. The molecular weight excluding hydrogens is 560 g/mol. The van der Waals surface area contributed by atoms with E-state index in [1.165, 1.54) is 0 Å². The number of rotatable bonds is 12. The Hall–Kier alpha value is -5.78. The Morgan fingerprint density at radius 2 is 1.61 bits per heavy atom. The van der Waals surface area contributed by atoms with Crippen LogP contribution in [0.15, 0.2) is 79.9 Å². The molecule has 0 radical (unpaired) electrons. The molecule has 0 fully saturated rings. The van der Waals surface area contributed by atoms with Crippen LogP contribution in [-0.4, -0.2) is 53.1 Å². The highest BCUT2D eigenvalue weighted by Gasteiger charge is 2.15. The fraction of sp³-hybridized carbons (Fsp3) is 0.188. The van der Waals surface area contributed by atoms with Crippen molar-refractivity contribution >= 4 is 22.3 Å². The molecule has 1 atom stereocenters. The van der Waals surface area contributed by atoms with E-state index in [0.717, 1.165) is 16.9 Å². The van der Waals surface area contributed by atoms with Crippen LogP contribution in [0.2, 0.25) is 0 Å². The van der Waals surface area contributed by atoms with Gasteiger partial charge in [-0.05, 0) is 43.3 Å². The average Bonchev–Trinajstić information content (AvgIpc) is 3.67. The standard InChI is InChI=1S/C32H30N8O4/c1-6-18(3)43-21-10-8-20(9-11-21)28-35-25-16-34-32(40-31(25)38-28)42-17-27-33-15-24-30(37-27)39-29(36-24)23-13-12-22(14-26(23)41-5)44-19(4)7-2/h6,8-16,18H,1,4,7,17H2,2-3,5H3,(H,33,36,37,39)(H,34,35,38,40). The van der Waals surface area contributed by atoms with E-state index in [2.05, 4.69) is 53.0 Å². The van der Waals surface area contributed by atoms with Gasteiger partial charge in [0.1, 0.15) is 46.0 Å². The predicted molar refractivity (Wildman–Crippen MR) is 165 cm³/mol. The summed E-state index contributed by atoms with van der Waals surface area (Å²) in [4.78, 5) is 33.4. The van der Waals surface area contributed by atoms with Crippen molar-refractivity contribution in [2.75, 3.05) is 7.11 Å². The summed E-state index contributed by atoms with van der Waals surface area (Å²) in [5.74, 6) is 4.31. The second-order valence-corrected chi connectivity index (χ2v) is 9.81. The second-order valence-electron chi connectivity index (χ2n) is 9.81. The highest BCUT2D eigenvalue weighted by atomic mass is 16.5. The zero-order valence-corrected chi connectivity index (χ0v) is 24.5. The lowest BCUT2D eigenvalue weighted by atomic mass is 10.2. The maximum absolute atomic E-state index is 5.80. The number of nitrogens with zero attached hydrogens (tertiary/aromatic N) is 6. The molecule has 2 N–H and O–H groups in total. The molecule has 4 aromatic heterocycles. The molecule has 222 valence electrons. The third-order valence-electron chi connectivity index (χ3n) is 6.70. The van der Waals surface area contributed by atoms with E-state index < -0.39 is 0 Å². The van der Waals surface area contributed by atoms with Gasteiger partial charge in [-0.1, -0.05) is 26.2 Å². The molecule has 0 saturated heterocycles. The summed E-state index contributed by atoms with van der Waals surface area (Å²) in [7, 11) is 1.59. The van der Waals surface area contributed by atoms with Crippen molar-refractivity contribution in [2.45, 2.75) is 33.0 Å². The molecule has 12 heteroatoms. The van der Waals surface area contributed by atoms with Crippen molar-refractivity contribution in [3.8, 4) is 46.0 Å². The Labute approximate surface area is 252 Å². The smallest absolute Gasteiger partial charge is 0.318 e. The number of fused-ring (bicyclic) bond motifs is 2. The van der Waals surface area contributed by atoms with Crippen LogP contribution >= 0.6 is 0 Å². The molecule has 0 aliphatic heterocycles. The molecule has 0 saturated carbocycles. The fourth-order valence-corrected chi connectivity index (χ4v) is 4.29. The molecule has 0 aliphatic rings. The number of ether oxygens (including phenoxy) is 4. The van der Waals surface area contributed by atoms with E-state index >= 15 is 0 Å². The SMILES string of the molecule is C=CC(C)Oc1ccc(-c2nc3nc(OCc4ncc5[nH]c(-c6ccc(OC(=C)CC)cc6OC)nc5n4)ncc3[nH]2)cc1. The molecule has 0 spiro atoms. The van der Waals surface area contributed by atoms with E-state index in [1.54, 1.807) is 31.6 Å². The zero-order chi connectivity index (χ0) is 30.6. The van der Waals surface area contributed by atoms with Crippen LogP contribution < -0.4 is 18.9 Å². The van der Waals surface area contributed by atoms with Crippen molar-refractivity contribution in [3.63, 3.8) is 0 Å². The van der Waals surface area contributed by atoms with Gasteiger partial charge in [-0.15, -0.1) is 0 Å². The Morgan fingerprint density at radius 1 is 0.909 bits per heavy atom. The summed E-state index contributed by atoms with van der Waals surface area (Å²) in [6, 6.07) is 13.3. The molecule has 6 aromatic rings. The van der Waals surface area contributed by atoms with Gasteiger partial charge >= 0.3 is 6.01 Å². The van der Waals surface area contributed by atoms with Gasteiger partial charge in [-0.25, -0.2) is 24.9 Å². The quantitative estimate of drug-likeness (QED) is 0.125. The lowest BCUT2D eigenvalue weighted by Crippen LogP contribution is -2.06. The number of benzene rings is 2. The summed E-state index contributed by atoms with van der Waals surface area (Å²) in [6.45, 7) is 11.6. The van der Waals surface area contributed by atoms with Crippen LogP contribution in [0.5, 0.6) is 23.3 Å². The molecule has 2 aromatic carbocycles. The summed E-state index contributed by atoms with van der Waals surface area (Å²) in [5, 5.41) is 0. The van der Waals surface area contributed by atoms with Gasteiger partial charge in [-0.2, -0.15) is 4.98 Å². The van der Waals surface area contributed by atoms with Crippen molar-refractivity contribution in [1.29, 1.82) is 0 Å². The van der Waals surface area contributed by atoms with E-state index in [0.29, 0.717) is 63.5 Å². The highest BCUT2D eigenvalue weighted by Crippen LogP contribution is 2.33. The number of H-pyrrole nitrogens is 2. The Kier molecular flexibility index (Phi) is 7.87.